The summed E-state index contributed by atoms with van der Waals surface area (Å²) < 4.78 is 30.1. The molecule has 33 heavy (non-hydrogen) atoms. The Morgan fingerprint density at radius 1 is 0.667 bits per heavy atom. The van der Waals surface area contributed by atoms with Crippen molar-refractivity contribution in [2.75, 3.05) is 0 Å². The van der Waals surface area contributed by atoms with Crippen LogP contribution in [-0.4, -0.2) is 28.7 Å². The van der Waals surface area contributed by atoms with Crippen LogP contribution in [-0.2, 0) is 0 Å². The van der Waals surface area contributed by atoms with E-state index in [1.165, 1.54) is 24.3 Å². The molecular formula is C24H15BrF2N6. The molecule has 0 spiro atoms. The third kappa shape index (κ3) is 4.49. The van der Waals surface area contributed by atoms with Crippen molar-refractivity contribution in [2.45, 2.75) is 0 Å². The molecule has 0 aliphatic carbocycles. The Kier molecular flexibility index (Phi) is 5.62. The zero-order valence-electron chi connectivity index (χ0n) is 17.0. The minimum absolute atomic E-state index is 0.245. The third-order valence-corrected chi connectivity index (χ3v) is 5.51. The molecule has 0 radical (unpaired) electrons. The summed E-state index contributed by atoms with van der Waals surface area (Å²) >= 11 is 3.37. The van der Waals surface area contributed by atoms with E-state index in [0.29, 0.717) is 0 Å². The van der Waals surface area contributed by atoms with Gasteiger partial charge in [0.15, 0.2) is 0 Å². The number of halogens is 3. The number of nitrogens with zero attached hydrogens (tertiary/aromatic N) is 6. The molecule has 0 amide bonds. The number of hydrogen-bond acceptors (Lipinski definition) is 4. The maximum atomic E-state index is 12.8. The van der Waals surface area contributed by atoms with Gasteiger partial charge < -0.3 is 0 Å². The van der Waals surface area contributed by atoms with Crippen LogP contribution in [0, 0.1) is 11.6 Å². The van der Waals surface area contributed by atoms with Gasteiger partial charge in [-0.15, -0.1) is 0 Å². The molecule has 6 nitrogen and oxygen atoms in total. The average Bonchev–Trinajstić information content (AvgIpc) is 3.46. The van der Waals surface area contributed by atoms with E-state index in [9.17, 15) is 8.78 Å². The van der Waals surface area contributed by atoms with Crippen molar-refractivity contribution < 1.29 is 8.78 Å². The second-order valence-corrected chi connectivity index (χ2v) is 7.88. The average molecular weight is 505 g/mol. The molecule has 162 valence electrons. The number of aromatic nitrogens is 6. The number of fused-ring (bicyclic) bond motifs is 2. The highest BCUT2D eigenvalue weighted by atomic mass is 79.9. The van der Waals surface area contributed by atoms with Gasteiger partial charge >= 0.3 is 0 Å². The maximum Gasteiger partial charge on any atom is 0.140 e. The number of benzene rings is 2. The maximum absolute atomic E-state index is 12.8. The van der Waals surface area contributed by atoms with Crippen LogP contribution in [0.25, 0.3) is 33.8 Å². The molecule has 0 aliphatic rings. The normalized spacial score (nSPS) is 10.9. The van der Waals surface area contributed by atoms with Crippen LogP contribution in [0.15, 0.2) is 96.5 Å². The predicted molar refractivity (Wildman–Crippen MR) is 124 cm³/mol. The molecular weight excluding hydrogens is 490 g/mol. The first-order valence-corrected chi connectivity index (χ1v) is 10.7. The zero-order chi connectivity index (χ0) is 22.8. The topological polar surface area (TPSA) is 60.4 Å². The molecule has 2 aromatic carbocycles. The second kappa shape index (κ2) is 8.87. The molecule has 0 saturated heterocycles. The van der Waals surface area contributed by atoms with Crippen molar-refractivity contribution in [3.05, 3.63) is 108 Å². The van der Waals surface area contributed by atoms with Crippen LogP contribution in [0.1, 0.15) is 0 Å². The highest BCUT2D eigenvalue weighted by molar-refractivity contribution is 9.10. The van der Waals surface area contributed by atoms with E-state index >= 15 is 0 Å². The molecule has 0 bridgehead atoms. The fourth-order valence-corrected chi connectivity index (χ4v) is 3.60. The van der Waals surface area contributed by atoms with Gasteiger partial charge in [0.05, 0.1) is 17.6 Å². The standard InChI is InChI=1S/C12H7BrFN3.C12H8FN3/c13-11-6-15-12-5-10(16-7-17(11)12)8-1-3-9(14)4-2-8;13-10-3-1-9(2-4-10)11-7-12-14-5-6-16(12)8-15-11/h1-7H;1-8H. The Hall–Kier alpha value is -3.98. The molecule has 4 aromatic heterocycles. The largest absolute Gasteiger partial charge is 0.290 e. The number of imidazole rings is 2. The molecule has 0 aliphatic heterocycles. The number of rotatable bonds is 2. The van der Waals surface area contributed by atoms with Gasteiger partial charge in [-0.25, -0.2) is 28.7 Å². The minimum Gasteiger partial charge on any atom is -0.290 e. The Morgan fingerprint density at radius 3 is 1.88 bits per heavy atom. The molecule has 0 saturated carbocycles. The van der Waals surface area contributed by atoms with Gasteiger partial charge in [-0.1, -0.05) is 0 Å². The van der Waals surface area contributed by atoms with Crippen LogP contribution < -0.4 is 0 Å². The van der Waals surface area contributed by atoms with Gasteiger partial charge in [-0.2, -0.15) is 0 Å². The van der Waals surface area contributed by atoms with Crippen molar-refractivity contribution in [1.29, 1.82) is 0 Å². The summed E-state index contributed by atoms with van der Waals surface area (Å²) in [7, 11) is 0. The Morgan fingerprint density at radius 2 is 1.24 bits per heavy atom. The molecule has 0 fully saturated rings. The summed E-state index contributed by atoms with van der Waals surface area (Å²) in [6.07, 6.45) is 8.64. The van der Waals surface area contributed by atoms with E-state index in [1.54, 1.807) is 49.3 Å². The predicted octanol–water partition coefficient (Wildman–Crippen LogP) is 5.83. The van der Waals surface area contributed by atoms with Crippen molar-refractivity contribution in [1.82, 2.24) is 28.7 Å². The summed E-state index contributed by atoms with van der Waals surface area (Å²) in [4.78, 5) is 17.0. The molecule has 0 N–H and O–H groups in total. The number of hydrogen-bond donors (Lipinski definition) is 0. The summed E-state index contributed by atoms with van der Waals surface area (Å²) in [5.74, 6) is -0.496. The van der Waals surface area contributed by atoms with E-state index in [1.807, 2.05) is 27.1 Å². The van der Waals surface area contributed by atoms with E-state index < -0.39 is 0 Å². The first-order valence-electron chi connectivity index (χ1n) is 9.86. The van der Waals surface area contributed by atoms with Gasteiger partial charge in [0.2, 0.25) is 0 Å². The summed E-state index contributed by atoms with van der Waals surface area (Å²) in [6.45, 7) is 0. The van der Waals surface area contributed by atoms with E-state index in [0.717, 1.165) is 38.4 Å². The van der Waals surface area contributed by atoms with E-state index in [2.05, 4.69) is 35.9 Å². The van der Waals surface area contributed by atoms with Crippen molar-refractivity contribution in [3.63, 3.8) is 0 Å². The van der Waals surface area contributed by atoms with Crippen LogP contribution in [0.3, 0.4) is 0 Å². The first kappa shape index (κ1) is 20.9. The van der Waals surface area contributed by atoms with Crippen molar-refractivity contribution >= 4 is 27.2 Å². The lowest BCUT2D eigenvalue weighted by atomic mass is 10.1. The second-order valence-electron chi connectivity index (χ2n) is 7.06. The quantitative estimate of drug-likeness (QED) is 0.297. The smallest absolute Gasteiger partial charge is 0.140 e. The van der Waals surface area contributed by atoms with Gasteiger partial charge in [0.1, 0.15) is 40.2 Å². The monoisotopic (exact) mass is 504 g/mol. The first-order chi connectivity index (χ1) is 16.1. The van der Waals surface area contributed by atoms with E-state index in [-0.39, 0.29) is 11.6 Å². The Balaban J connectivity index is 0.000000139. The lowest BCUT2D eigenvalue weighted by Crippen LogP contribution is -1.90. The third-order valence-electron chi connectivity index (χ3n) is 4.92. The lowest BCUT2D eigenvalue weighted by Gasteiger charge is -2.01. The highest BCUT2D eigenvalue weighted by Gasteiger charge is 2.05. The SMILES string of the molecule is Fc1ccc(-c2cc3ncc(Br)n3cn2)cc1.Fc1ccc(-c2cc3nccn3cn2)cc1. The fraction of sp³-hybridized carbons (Fsp3) is 0. The molecule has 4 heterocycles. The van der Waals surface area contributed by atoms with Gasteiger partial charge in [-0.05, 0) is 64.5 Å². The van der Waals surface area contributed by atoms with E-state index in [4.69, 9.17) is 0 Å². The fourth-order valence-electron chi connectivity index (χ4n) is 3.23. The highest BCUT2D eigenvalue weighted by Crippen LogP contribution is 2.20. The van der Waals surface area contributed by atoms with Gasteiger partial charge in [0, 0.05) is 35.7 Å². The van der Waals surface area contributed by atoms with Crippen LogP contribution in [0.4, 0.5) is 8.78 Å². The summed E-state index contributed by atoms with van der Waals surface area (Å²) in [5, 5.41) is 0. The lowest BCUT2D eigenvalue weighted by molar-refractivity contribution is 0.627. The van der Waals surface area contributed by atoms with Gasteiger partial charge in [0.25, 0.3) is 0 Å². The molecule has 6 rings (SSSR count). The summed E-state index contributed by atoms with van der Waals surface area (Å²) in [6, 6.07) is 16.2. The Bertz CT molecular complexity index is 1540. The van der Waals surface area contributed by atoms with Crippen molar-refractivity contribution in [2.24, 2.45) is 0 Å². The molecule has 9 heteroatoms. The van der Waals surface area contributed by atoms with Crippen molar-refractivity contribution in [3.8, 4) is 22.5 Å². The minimum atomic E-state index is -0.251. The summed E-state index contributed by atoms with van der Waals surface area (Å²) in [5.41, 5.74) is 4.94. The van der Waals surface area contributed by atoms with Crippen LogP contribution in [0.5, 0.6) is 0 Å². The Labute approximate surface area is 195 Å². The van der Waals surface area contributed by atoms with Crippen LogP contribution >= 0.6 is 15.9 Å². The zero-order valence-corrected chi connectivity index (χ0v) is 18.6. The van der Waals surface area contributed by atoms with Crippen LogP contribution in [0.2, 0.25) is 0 Å². The molecule has 6 aromatic rings. The van der Waals surface area contributed by atoms with Gasteiger partial charge in [-0.3, -0.25) is 8.80 Å². The molecule has 0 unspecified atom stereocenters. The molecule has 0 atom stereocenters.